The maximum absolute atomic E-state index is 14.7. The van der Waals surface area contributed by atoms with Crippen molar-refractivity contribution in [2.24, 2.45) is 0 Å². The number of anilines is 2. The number of methoxy groups -OCH3 is 1. The molecule has 10 heteroatoms. The third-order valence-corrected chi connectivity index (χ3v) is 6.22. The Morgan fingerprint density at radius 1 is 0.974 bits per heavy atom. The fraction of sp³-hybridized carbons (Fsp3) is 0.357. The zero-order valence-electron chi connectivity index (χ0n) is 22.3. The lowest BCUT2D eigenvalue weighted by atomic mass is 10.0. The molecule has 202 valence electrons. The van der Waals surface area contributed by atoms with Gasteiger partial charge in [0.15, 0.2) is 11.6 Å². The maximum Gasteiger partial charge on any atom is 0.251 e. The Hall–Kier alpha value is -4.05. The Morgan fingerprint density at radius 2 is 1.66 bits per heavy atom. The van der Waals surface area contributed by atoms with E-state index in [1.807, 2.05) is 0 Å². The van der Waals surface area contributed by atoms with E-state index in [1.54, 1.807) is 36.7 Å². The van der Waals surface area contributed by atoms with Gasteiger partial charge in [-0.2, -0.15) is 0 Å². The molecule has 0 aliphatic heterocycles. The van der Waals surface area contributed by atoms with Crippen LogP contribution in [0, 0.1) is 5.82 Å². The van der Waals surface area contributed by atoms with Crippen LogP contribution in [0.15, 0.2) is 48.8 Å². The molecule has 3 N–H and O–H groups in total. The smallest absolute Gasteiger partial charge is 0.251 e. The largest absolute Gasteiger partial charge is 0.494 e. The van der Waals surface area contributed by atoms with Gasteiger partial charge in [0, 0.05) is 49.3 Å². The van der Waals surface area contributed by atoms with Crippen LogP contribution in [-0.4, -0.2) is 67.0 Å². The van der Waals surface area contributed by atoms with E-state index in [9.17, 15) is 14.0 Å². The number of carbonyl (C=O) groups is 2. The van der Waals surface area contributed by atoms with Crippen LogP contribution in [0.2, 0.25) is 0 Å². The zero-order chi connectivity index (χ0) is 27.5. The minimum absolute atomic E-state index is 0.0278. The fourth-order valence-corrected chi connectivity index (χ4v) is 3.89. The number of aromatic nitrogens is 2. The van der Waals surface area contributed by atoms with Gasteiger partial charge in [-0.15, -0.1) is 0 Å². The second-order valence-corrected chi connectivity index (χ2v) is 8.63. The molecule has 9 nitrogen and oxygen atoms in total. The van der Waals surface area contributed by atoms with Gasteiger partial charge in [-0.25, -0.2) is 14.4 Å². The highest BCUT2D eigenvalue weighted by molar-refractivity contribution is 5.95. The number of nitrogens with zero attached hydrogens (tertiary/aromatic N) is 3. The molecule has 3 aromatic rings. The van der Waals surface area contributed by atoms with Gasteiger partial charge in [0.1, 0.15) is 0 Å². The molecule has 0 unspecified atom stereocenters. The molecular weight excluding hydrogens is 487 g/mol. The second-order valence-electron chi connectivity index (χ2n) is 8.63. The lowest BCUT2D eigenvalue weighted by molar-refractivity contribution is 0.0945. The molecule has 0 bridgehead atoms. The summed E-state index contributed by atoms with van der Waals surface area (Å²) in [4.78, 5) is 35.3. The normalized spacial score (nSPS) is 10.8. The van der Waals surface area contributed by atoms with Gasteiger partial charge < -0.3 is 25.6 Å². The monoisotopic (exact) mass is 522 g/mol. The average Bonchev–Trinajstić information content (AvgIpc) is 2.95. The van der Waals surface area contributed by atoms with Crippen molar-refractivity contribution in [3.8, 4) is 5.75 Å². The van der Waals surface area contributed by atoms with Crippen molar-refractivity contribution in [2.75, 3.05) is 45.7 Å². The number of halogens is 1. The first-order chi connectivity index (χ1) is 18.4. The first kappa shape index (κ1) is 28.5. The summed E-state index contributed by atoms with van der Waals surface area (Å²) in [6, 6.07) is 10.0. The summed E-state index contributed by atoms with van der Waals surface area (Å²) in [5, 5.41) is 8.59. The summed E-state index contributed by atoms with van der Waals surface area (Å²) in [5.74, 6) is -0.480. The van der Waals surface area contributed by atoms with Gasteiger partial charge in [0.05, 0.1) is 7.11 Å². The van der Waals surface area contributed by atoms with Crippen LogP contribution in [-0.2, 0) is 12.8 Å². The van der Waals surface area contributed by atoms with E-state index in [4.69, 9.17) is 4.74 Å². The van der Waals surface area contributed by atoms with Gasteiger partial charge in [0.2, 0.25) is 5.95 Å². The number of carbonyl (C=O) groups excluding carboxylic acids is 2. The summed E-state index contributed by atoms with van der Waals surface area (Å²) in [7, 11) is 2.89. The van der Waals surface area contributed by atoms with E-state index < -0.39 is 5.82 Å². The molecule has 0 radical (unpaired) electrons. The minimum Gasteiger partial charge on any atom is -0.494 e. The van der Waals surface area contributed by atoms with E-state index in [0.717, 1.165) is 30.9 Å². The summed E-state index contributed by atoms with van der Waals surface area (Å²) in [5.41, 5.74) is 2.85. The summed E-state index contributed by atoms with van der Waals surface area (Å²) in [6.45, 7) is 7.52. The molecular formula is C28H35FN6O3. The van der Waals surface area contributed by atoms with Gasteiger partial charge in [-0.05, 0) is 73.5 Å². The number of likely N-dealkylation sites (N-methyl/N-ethyl adjacent to an activating group) is 1. The molecule has 38 heavy (non-hydrogen) atoms. The number of ether oxygens (including phenoxy) is 1. The number of aryl methyl sites for hydroxylation is 2. The SMILES string of the molecule is CCN(CC)CCNC(=O)c1ccc(Nc2ncc(CCc3cc(C(=O)NC)cc(OC)c3F)cn2)cc1. The van der Waals surface area contributed by atoms with Crippen molar-refractivity contribution in [1.82, 2.24) is 25.5 Å². The predicted molar refractivity (Wildman–Crippen MR) is 146 cm³/mol. The zero-order valence-corrected chi connectivity index (χ0v) is 22.3. The van der Waals surface area contributed by atoms with Crippen LogP contribution < -0.4 is 20.7 Å². The topological polar surface area (TPSA) is 108 Å². The van der Waals surface area contributed by atoms with Crippen LogP contribution >= 0.6 is 0 Å². The lowest BCUT2D eigenvalue weighted by Gasteiger charge is -2.18. The number of hydrogen-bond acceptors (Lipinski definition) is 7. The molecule has 0 atom stereocenters. The Kier molecular flexibility index (Phi) is 10.5. The highest BCUT2D eigenvalue weighted by Crippen LogP contribution is 2.24. The van der Waals surface area contributed by atoms with Crippen molar-refractivity contribution >= 4 is 23.5 Å². The van der Waals surface area contributed by atoms with E-state index in [0.29, 0.717) is 42.0 Å². The van der Waals surface area contributed by atoms with Gasteiger partial charge in [-0.1, -0.05) is 13.8 Å². The Balaban J connectivity index is 1.55. The van der Waals surface area contributed by atoms with Crippen molar-refractivity contribution in [3.05, 3.63) is 76.9 Å². The lowest BCUT2D eigenvalue weighted by Crippen LogP contribution is -2.34. The van der Waals surface area contributed by atoms with E-state index in [-0.39, 0.29) is 17.6 Å². The number of hydrogen-bond donors (Lipinski definition) is 3. The Morgan fingerprint density at radius 3 is 2.26 bits per heavy atom. The Labute approximate surface area is 222 Å². The first-order valence-electron chi connectivity index (χ1n) is 12.7. The van der Waals surface area contributed by atoms with Crippen molar-refractivity contribution in [2.45, 2.75) is 26.7 Å². The average molecular weight is 523 g/mol. The third-order valence-electron chi connectivity index (χ3n) is 6.22. The summed E-state index contributed by atoms with van der Waals surface area (Å²) in [6.07, 6.45) is 4.17. The summed E-state index contributed by atoms with van der Waals surface area (Å²) >= 11 is 0. The van der Waals surface area contributed by atoms with E-state index in [2.05, 4.69) is 44.7 Å². The molecule has 0 spiro atoms. The van der Waals surface area contributed by atoms with Crippen LogP contribution in [0.4, 0.5) is 16.0 Å². The van der Waals surface area contributed by atoms with Crippen molar-refractivity contribution in [3.63, 3.8) is 0 Å². The molecule has 0 aliphatic rings. The predicted octanol–water partition coefficient (Wildman–Crippen LogP) is 3.58. The number of nitrogens with one attached hydrogen (secondary N) is 3. The Bertz CT molecular complexity index is 1210. The van der Waals surface area contributed by atoms with Crippen LogP contribution in [0.5, 0.6) is 5.75 Å². The molecule has 0 fully saturated rings. The van der Waals surface area contributed by atoms with E-state index in [1.165, 1.54) is 26.3 Å². The van der Waals surface area contributed by atoms with Crippen LogP contribution in [0.1, 0.15) is 45.7 Å². The molecule has 2 aromatic carbocycles. The van der Waals surface area contributed by atoms with Crippen molar-refractivity contribution < 1.29 is 18.7 Å². The maximum atomic E-state index is 14.7. The highest BCUT2D eigenvalue weighted by Gasteiger charge is 2.15. The highest BCUT2D eigenvalue weighted by atomic mass is 19.1. The molecule has 3 rings (SSSR count). The van der Waals surface area contributed by atoms with Gasteiger partial charge in [0.25, 0.3) is 11.8 Å². The number of amides is 2. The van der Waals surface area contributed by atoms with Crippen LogP contribution in [0.25, 0.3) is 0 Å². The van der Waals surface area contributed by atoms with Crippen molar-refractivity contribution in [1.29, 1.82) is 0 Å². The second kappa shape index (κ2) is 14.0. The third kappa shape index (κ3) is 7.72. The quantitative estimate of drug-likeness (QED) is 0.315. The fourth-order valence-electron chi connectivity index (χ4n) is 3.89. The van der Waals surface area contributed by atoms with E-state index >= 15 is 0 Å². The molecule has 0 saturated carbocycles. The first-order valence-corrected chi connectivity index (χ1v) is 12.7. The number of benzene rings is 2. The van der Waals surface area contributed by atoms with Gasteiger partial charge >= 0.3 is 0 Å². The van der Waals surface area contributed by atoms with Crippen LogP contribution in [0.3, 0.4) is 0 Å². The molecule has 1 aromatic heterocycles. The molecule has 0 saturated heterocycles. The molecule has 0 aliphatic carbocycles. The minimum atomic E-state index is -0.486. The summed E-state index contributed by atoms with van der Waals surface area (Å²) < 4.78 is 19.8. The van der Waals surface area contributed by atoms with Gasteiger partial charge in [-0.3, -0.25) is 9.59 Å². The standard InChI is InChI=1S/C28H35FN6O3/c1-5-35(6-2)14-13-31-27(37)20-9-11-23(12-10-20)34-28-32-17-19(18-33-28)7-8-21-15-22(26(36)30-3)16-24(38-4)25(21)29/h9-12,15-18H,5-8,13-14H2,1-4H3,(H,30,36)(H,31,37)(H,32,33,34). The number of rotatable bonds is 13. The molecule has 2 amide bonds. The molecule has 1 heterocycles.